The van der Waals surface area contributed by atoms with Crippen molar-refractivity contribution in [1.29, 1.82) is 0 Å². The number of carbonyl (C=O) groups excluding carboxylic acids is 1. The van der Waals surface area contributed by atoms with Crippen molar-refractivity contribution in [2.24, 2.45) is 5.41 Å². The molecular formula is C18H24Cl2N2O3. The molecule has 1 atom stereocenters. The van der Waals surface area contributed by atoms with Gasteiger partial charge in [-0.15, -0.1) is 0 Å². The summed E-state index contributed by atoms with van der Waals surface area (Å²) >= 11 is 12.0. The van der Waals surface area contributed by atoms with Crippen molar-refractivity contribution in [2.75, 3.05) is 39.9 Å². The zero-order valence-corrected chi connectivity index (χ0v) is 15.9. The Balaban J connectivity index is 1.63. The molecule has 2 aliphatic rings. The molecule has 138 valence electrons. The van der Waals surface area contributed by atoms with Gasteiger partial charge in [0, 0.05) is 26.1 Å². The largest absolute Gasteiger partial charge is 0.488 e. The highest BCUT2D eigenvalue weighted by Crippen LogP contribution is 2.34. The number of ether oxygens (including phenoxy) is 2. The molecule has 2 heterocycles. The van der Waals surface area contributed by atoms with Gasteiger partial charge in [0.1, 0.15) is 11.9 Å². The summed E-state index contributed by atoms with van der Waals surface area (Å²) in [5.74, 6) is 0.873. The fraction of sp³-hybridized carbons (Fsp3) is 0.611. The van der Waals surface area contributed by atoms with Crippen LogP contribution in [0.5, 0.6) is 5.75 Å². The Bertz CT molecular complexity index is 615. The summed E-state index contributed by atoms with van der Waals surface area (Å²) in [6, 6.07) is 5.24. The van der Waals surface area contributed by atoms with Gasteiger partial charge in [-0.25, -0.2) is 0 Å². The number of hydrogen-bond donors (Lipinski definition) is 1. The molecule has 1 aromatic rings. The topological polar surface area (TPSA) is 50.8 Å². The van der Waals surface area contributed by atoms with Gasteiger partial charge in [0.2, 0.25) is 5.91 Å². The first-order valence-electron chi connectivity index (χ1n) is 8.65. The maximum Gasteiger partial charge on any atom is 0.231 e. The molecule has 0 aromatic heterocycles. The Morgan fingerprint density at radius 1 is 1.32 bits per heavy atom. The van der Waals surface area contributed by atoms with Crippen LogP contribution in [0.2, 0.25) is 10.0 Å². The van der Waals surface area contributed by atoms with Crippen molar-refractivity contribution >= 4 is 29.1 Å². The van der Waals surface area contributed by atoms with E-state index in [0.29, 0.717) is 35.5 Å². The number of nitrogens with zero attached hydrogens (tertiary/aromatic N) is 1. The van der Waals surface area contributed by atoms with Crippen LogP contribution < -0.4 is 10.1 Å². The zero-order valence-electron chi connectivity index (χ0n) is 14.4. The Hall–Kier alpha value is -1.01. The molecule has 1 unspecified atom stereocenters. The fourth-order valence-corrected chi connectivity index (χ4v) is 3.98. The van der Waals surface area contributed by atoms with Crippen LogP contribution in [0.1, 0.15) is 19.3 Å². The van der Waals surface area contributed by atoms with Crippen molar-refractivity contribution in [3.8, 4) is 5.75 Å². The molecule has 2 fully saturated rings. The quantitative estimate of drug-likeness (QED) is 0.844. The lowest BCUT2D eigenvalue weighted by Crippen LogP contribution is -2.51. The lowest BCUT2D eigenvalue weighted by Gasteiger charge is -2.38. The van der Waals surface area contributed by atoms with Crippen LogP contribution >= 0.6 is 23.2 Å². The summed E-state index contributed by atoms with van der Waals surface area (Å²) in [6.07, 6.45) is 2.42. The molecule has 25 heavy (non-hydrogen) atoms. The van der Waals surface area contributed by atoms with Crippen LogP contribution in [0, 0.1) is 5.41 Å². The van der Waals surface area contributed by atoms with Gasteiger partial charge in [0.05, 0.1) is 28.6 Å². The van der Waals surface area contributed by atoms with Crippen molar-refractivity contribution in [1.82, 2.24) is 10.2 Å². The molecule has 0 aliphatic carbocycles. The number of piperidine rings is 1. The minimum atomic E-state index is -0.404. The highest BCUT2D eigenvalue weighted by atomic mass is 35.5. The Morgan fingerprint density at radius 2 is 2.08 bits per heavy atom. The van der Waals surface area contributed by atoms with Crippen LogP contribution in [0.3, 0.4) is 0 Å². The third kappa shape index (κ3) is 4.22. The molecule has 7 heteroatoms. The summed E-state index contributed by atoms with van der Waals surface area (Å²) in [6.45, 7) is 3.49. The van der Waals surface area contributed by atoms with E-state index in [0.717, 1.165) is 32.4 Å². The summed E-state index contributed by atoms with van der Waals surface area (Å²) in [4.78, 5) is 15.1. The standard InChI is InChI=1S/C18H24Cl2N2O3/c1-24-12-18(5-7-21-8-6-18)17(23)22-9-4-14(11-22)25-13-2-3-15(19)16(20)10-13/h2-3,10,14,21H,4-9,11-12H2,1H3. The van der Waals surface area contributed by atoms with Gasteiger partial charge in [-0.3, -0.25) is 4.79 Å². The highest BCUT2D eigenvalue weighted by molar-refractivity contribution is 6.42. The second-order valence-electron chi connectivity index (χ2n) is 6.82. The third-order valence-electron chi connectivity index (χ3n) is 5.06. The smallest absolute Gasteiger partial charge is 0.231 e. The lowest BCUT2D eigenvalue weighted by molar-refractivity contribution is -0.146. The molecule has 1 aromatic carbocycles. The number of amides is 1. The van der Waals surface area contributed by atoms with Crippen molar-refractivity contribution in [3.63, 3.8) is 0 Å². The van der Waals surface area contributed by atoms with E-state index in [4.69, 9.17) is 32.7 Å². The van der Waals surface area contributed by atoms with Crippen LogP contribution in [0.4, 0.5) is 0 Å². The van der Waals surface area contributed by atoms with E-state index in [2.05, 4.69) is 5.32 Å². The SMILES string of the molecule is COCC1(C(=O)N2CCC(Oc3ccc(Cl)c(Cl)c3)C2)CCNCC1. The van der Waals surface area contributed by atoms with Gasteiger partial charge in [-0.2, -0.15) is 0 Å². The van der Waals surface area contributed by atoms with E-state index < -0.39 is 5.41 Å². The van der Waals surface area contributed by atoms with Gasteiger partial charge in [-0.1, -0.05) is 23.2 Å². The second-order valence-corrected chi connectivity index (χ2v) is 7.63. The van der Waals surface area contributed by atoms with Crippen LogP contribution in [-0.4, -0.2) is 56.8 Å². The van der Waals surface area contributed by atoms with Gasteiger partial charge >= 0.3 is 0 Å². The summed E-state index contributed by atoms with van der Waals surface area (Å²) in [5.41, 5.74) is -0.404. The second kappa shape index (κ2) is 8.12. The zero-order chi connectivity index (χ0) is 17.9. The number of likely N-dealkylation sites (tertiary alicyclic amines) is 1. The number of rotatable bonds is 5. The minimum absolute atomic E-state index is 0.0255. The van der Waals surface area contributed by atoms with E-state index in [1.165, 1.54) is 0 Å². The summed E-state index contributed by atoms with van der Waals surface area (Å²) in [5, 5.41) is 4.30. The predicted octanol–water partition coefficient (Wildman–Crippen LogP) is 2.99. The van der Waals surface area contributed by atoms with E-state index in [9.17, 15) is 4.79 Å². The highest BCUT2D eigenvalue weighted by Gasteiger charge is 2.44. The van der Waals surface area contributed by atoms with Gasteiger partial charge in [0.25, 0.3) is 0 Å². The average Bonchev–Trinajstić information content (AvgIpc) is 3.07. The Kier molecular flexibility index (Phi) is 6.10. The number of methoxy groups -OCH3 is 1. The lowest BCUT2D eigenvalue weighted by atomic mass is 9.78. The van der Waals surface area contributed by atoms with Crippen molar-refractivity contribution in [3.05, 3.63) is 28.2 Å². The first-order chi connectivity index (χ1) is 12.0. The number of nitrogens with one attached hydrogen (secondary N) is 1. The van der Waals surface area contributed by atoms with Gasteiger partial charge in [0.15, 0.2) is 0 Å². The molecular weight excluding hydrogens is 363 g/mol. The van der Waals surface area contributed by atoms with Gasteiger partial charge in [-0.05, 0) is 38.1 Å². The van der Waals surface area contributed by atoms with E-state index >= 15 is 0 Å². The van der Waals surface area contributed by atoms with Crippen LogP contribution in [0.15, 0.2) is 18.2 Å². The Labute approximate surface area is 158 Å². The van der Waals surface area contributed by atoms with Crippen molar-refractivity contribution < 1.29 is 14.3 Å². The van der Waals surface area contributed by atoms with Gasteiger partial charge < -0.3 is 19.7 Å². The predicted molar refractivity (Wildman–Crippen MR) is 98.5 cm³/mol. The first-order valence-corrected chi connectivity index (χ1v) is 9.40. The molecule has 1 amide bonds. The number of hydrogen-bond acceptors (Lipinski definition) is 4. The first kappa shape index (κ1) is 18.8. The molecule has 2 aliphatic heterocycles. The monoisotopic (exact) mass is 386 g/mol. The molecule has 3 rings (SSSR count). The van der Waals surface area contributed by atoms with Crippen LogP contribution in [0.25, 0.3) is 0 Å². The average molecular weight is 387 g/mol. The number of carbonyl (C=O) groups is 1. The van der Waals surface area contributed by atoms with E-state index in [1.807, 2.05) is 4.90 Å². The van der Waals surface area contributed by atoms with E-state index in [-0.39, 0.29) is 12.0 Å². The maximum absolute atomic E-state index is 13.1. The molecule has 1 N–H and O–H groups in total. The van der Waals surface area contributed by atoms with Crippen LogP contribution in [-0.2, 0) is 9.53 Å². The molecule has 5 nitrogen and oxygen atoms in total. The molecule has 2 saturated heterocycles. The number of halogens is 2. The molecule has 0 bridgehead atoms. The summed E-state index contributed by atoms with van der Waals surface area (Å²) < 4.78 is 11.4. The Morgan fingerprint density at radius 3 is 2.76 bits per heavy atom. The third-order valence-corrected chi connectivity index (χ3v) is 5.80. The molecule has 0 spiro atoms. The number of benzene rings is 1. The minimum Gasteiger partial charge on any atom is -0.488 e. The van der Waals surface area contributed by atoms with E-state index in [1.54, 1.807) is 25.3 Å². The normalized spacial score (nSPS) is 22.8. The maximum atomic E-state index is 13.1. The van der Waals surface area contributed by atoms with Crippen molar-refractivity contribution in [2.45, 2.75) is 25.4 Å². The summed E-state index contributed by atoms with van der Waals surface area (Å²) in [7, 11) is 1.66. The molecule has 0 saturated carbocycles. The molecule has 0 radical (unpaired) electrons. The fourth-order valence-electron chi connectivity index (χ4n) is 3.69.